The van der Waals surface area contributed by atoms with Crippen LogP contribution < -0.4 is 9.47 Å². The summed E-state index contributed by atoms with van der Waals surface area (Å²) in [5, 5.41) is 9.32. The maximum absolute atomic E-state index is 12.9. The maximum Gasteiger partial charge on any atom is 0.303 e. The van der Waals surface area contributed by atoms with Crippen LogP contribution >= 0.6 is 11.6 Å². The molecule has 0 amide bonds. The number of carboxylic acid groups (broad SMARTS) is 1. The molecule has 0 aliphatic heterocycles. The summed E-state index contributed by atoms with van der Waals surface area (Å²) < 4.78 is 11.9. The van der Waals surface area contributed by atoms with E-state index in [2.05, 4.69) is 0 Å². The number of aliphatic carboxylic acids is 1. The van der Waals surface area contributed by atoms with Gasteiger partial charge in [0.05, 0.1) is 18.3 Å². The Kier molecular flexibility index (Phi) is 8.50. The van der Waals surface area contributed by atoms with Gasteiger partial charge in [0.1, 0.15) is 11.5 Å². The number of rotatable bonds is 11. The fourth-order valence-electron chi connectivity index (χ4n) is 3.43. The molecule has 1 atom stereocenters. The minimum Gasteiger partial charge on any atom is -0.493 e. The average molecular weight is 467 g/mol. The van der Waals surface area contributed by atoms with Crippen molar-refractivity contribution in [1.29, 1.82) is 0 Å². The summed E-state index contributed by atoms with van der Waals surface area (Å²) in [7, 11) is 0. The van der Waals surface area contributed by atoms with Crippen molar-refractivity contribution in [3.05, 3.63) is 94.0 Å². The largest absolute Gasteiger partial charge is 0.493 e. The standard InChI is InChI=1S/C27H27ClO5/c1-18-16-23(11-8-20(18)9-13-26(29)30)32-15-14-19(2)33-25-12-10-22(28)17-24(25)27(31)21-6-4-3-5-7-21/h3-8,10-12,16-17,19H,9,13-15H2,1-2H3,(H,29,30). The third kappa shape index (κ3) is 7.09. The van der Waals surface area contributed by atoms with Gasteiger partial charge in [0, 0.05) is 23.4 Å². The van der Waals surface area contributed by atoms with Crippen molar-refractivity contribution in [2.75, 3.05) is 6.61 Å². The lowest BCUT2D eigenvalue weighted by molar-refractivity contribution is -0.136. The predicted molar refractivity (Wildman–Crippen MR) is 129 cm³/mol. The van der Waals surface area contributed by atoms with Crippen LogP contribution in [-0.4, -0.2) is 29.6 Å². The Bertz CT molecular complexity index is 1110. The molecular weight excluding hydrogens is 440 g/mol. The summed E-state index contributed by atoms with van der Waals surface area (Å²) >= 11 is 6.14. The van der Waals surface area contributed by atoms with Gasteiger partial charge in [0.15, 0.2) is 5.78 Å². The number of benzene rings is 3. The first-order valence-corrected chi connectivity index (χ1v) is 11.2. The second kappa shape index (κ2) is 11.5. The Balaban J connectivity index is 1.58. The average Bonchev–Trinajstić information content (AvgIpc) is 2.79. The topological polar surface area (TPSA) is 72.8 Å². The molecule has 3 rings (SSSR count). The van der Waals surface area contributed by atoms with E-state index >= 15 is 0 Å². The van der Waals surface area contributed by atoms with E-state index in [4.69, 9.17) is 26.2 Å². The quantitative estimate of drug-likeness (QED) is 0.344. The van der Waals surface area contributed by atoms with Crippen molar-refractivity contribution >= 4 is 23.4 Å². The molecule has 172 valence electrons. The molecule has 3 aromatic rings. The summed E-state index contributed by atoms with van der Waals surface area (Å²) in [5.74, 6) is 0.262. The summed E-state index contributed by atoms with van der Waals surface area (Å²) in [6.07, 6.45) is 1.03. The molecule has 1 N–H and O–H groups in total. The van der Waals surface area contributed by atoms with Crippen LogP contribution in [0.25, 0.3) is 0 Å². The van der Waals surface area contributed by atoms with Gasteiger partial charge in [0.2, 0.25) is 0 Å². The van der Waals surface area contributed by atoms with E-state index < -0.39 is 5.97 Å². The molecule has 0 bridgehead atoms. The molecule has 0 radical (unpaired) electrons. The van der Waals surface area contributed by atoms with Crippen molar-refractivity contribution < 1.29 is 24.2 Å². The Labute approximate surface area is 198 Å². The molecule has 0 aromatic heterocycles. The van der Waals surface area contributed by atoms with Gasteiger partial charge < -0.3 is 14.6 Å². The molecule has 33 heavy (non-hydrogen) atoms. The molecule has 0 spiro atoms. The van der Waals surface area contributed by atoms with Crippen molar-refractivity contribution in [2.45, 2.75) is 39.2 Å². The normalized spacial score (nSPS) is 11.6. The van der Waals surface area contributed by atoms with Gasteiger partial charge in [-0.1, -0.05) is 48.0 Å². The van der Waals surface area contributed by atoms with Gasteiger partial charge in [0.25, 0.3) is 0 Å². The molecule has 0 aliphatic carbocycles. The van der Waals surface area contributed by atoms with Crippen LogP contribution in [0.1, 0.15) is 46.8 Å². The van der Waals surface area contributed by atoms with Crippen LogP contribution in [0.4, 0.5) is 0 Å². The lowest BCUT2D eigenvalue weighted by atomic mass is 10.0. The first kappa shape index (κ1) is 24.3. The molecule has 5 nitrogen and oxygen atoms in total. The zero-order valence-corrected chi connectivity index (χ0v) is 19.5. The number of ether oxygens (including phenoxy) is 2. The Morgan fingerprint density at radius 1 is 1.03 bits per heavy atom. The second-order valence-electron chi connectivity index (χ2n) is 7.88. The highest BCUT2D eigenvalue weighted by Crippen LogP contribution is 2.27. The van der Waals surface area contributed by atoms with Crippen molar-refractivity contribution in [3.63, 3.8) is 0 Å². The molecule has 0 fully saturated rings. The van der Waals surface area contributed by atoms with Crippen molar-refractivity contribution in [2.24, 2.45) is 0 Å². The molecule has 0 heterocycles. The summed E-state index contributed by atoms with van der Waals surface area (Å²) in [4.78, 5) is 23.7. The number of carbonyl (C=O) groups excluding carboxylic acids is 1. The highest BCUT2D eigenvalue weighted by molar-refractivity contribution is 6.31. The summed E-state index contributed by atoms with van der Waals surface area (Å²) in [6.45, 7) is 4.31. The van der Waals surface area contributed by atoms with Crippen LogP contribution in [0.3, 0.4) is 0 Å². The monoisotopic (exact) mass is 466 g/mol. The maximum atomic E-state index is 12.9. The smallest absolute Gasteiger partial charge is 0.303 e. The van der Waals surface area contributed by atoms with Crippen molar-refractivity contribution in [3.8, 4) is 11.5 Å². The van der Waals surface area contributed by atoms with E-state index in [0.29, 0.717) is 41.3 Å². The minimum absolute atomic E-state index is 0.107. The van der Waals surface area contributed by atoms with Gasteiger partial charge in [-0.15, -0.1) is 0 Å². The summed E-state index contributed by atoms with van der Waals surface area (Å²) in [5.41, 5.74) is 3.00. The van der Waals surface area contributed by atoms with E-state index in [0.717, 1.165) is 16.9 Å². The van der Waals surface area contributed by atoms with Crippen LogP contribution in [0, 0.1) is 6.92 Å². The molecular formula is C27H27ClO5. The number of ketones is 1. The highest BCUT2D eigenvalue weighted by atomic mass is 35.5. The number of halogens is 1. The number of carbonyl (C=O) groups is 2. The van der Waals surface area contributed by atoms with E-state index in [9.17, 15) is 9.59 Å². The first-order valence-electron chi connectivity index (χ1n) is 10.8. The molecule has 1 unspecified atom stereocenters. The number of carboxylic acids is 1. The fourth-order valence-corrected chi connectivity index (χ4v) is 3.60. The molecule has 0 saturated carbocycles. The van der Waals surface area contributed by atoms with Gasteiger partial charge in [-0.3, -0.25) is 9.59 Å². The number of hydrogen-bond donors (Lipinski definition) is 1. The zero-order valence-electron chi connectivity index (χ0n) is 18.7. The van der Waals surface area contributed by atoms with Crippen LogP contribution in [0.15, 0.2) is 66.7 Å². The minimum atomic E-state index is -0.807. The predicted octanol–water partition coefficient (Wildman–Crippen LogP) is 6.13. The van der Waals surface area contributed by atoms with Gasteiger partial charge in [-0.2, -0.15) is 0 Å². The highest BCUT2D eigenvalue weighted by Gasteiger charge is 2.17. The Morgan fingerprint density at radius 3 is 2.48 bits per heavy atom. The lowest BCUT2D eigenvalue weighted by Gasteiger charge is -2.18. The van der Waals surface area contributed by atoms with Gasteiger partial charge in [-0.05, 0) is 61.7 Å². The van der Waals surface area contributed by atoms with Crippen LogP contribution in [-0.2, 0) is 11.2 Å². The SMILES string of the molecule is Cc1cc(OCCC(C)Oc2ccc(Cl)cc2C(=O)c2ccccc2)ccc1CCC(=O)O. The fraction of sp³-hybridized carbons (Fsp3) is 0.259. The third-order valence-electron chi connectivity index (χ3n) is 5.27. The van der Waals surface area contributed by atoms with Crippen molar-refractivity contribution in [1.82, 2.24) is 0 Å². The first-order chi connectivity index (χ1) is 15.8. The van der Waals surface area contributed by atoms with E-state index in [-0.39, 0.29) is 18.3 Å². The third-order valence-corrected chi connectivity index (χ3v) is 5.50. The van der Waals surface area contributed by atoms with Gasteiger partial charge in [-0.25, -0.2) is 0 Å². The van der Waals surface area contributed by atoms with Gasteiger partial charge >= 0.3 is 5.97 Å². The van der Waals surface area contributed by atoms with E-state index in [1.807, 2.05) is 50.2 Å². The lowest BCUT2D eigenvalue weighted by Crippen LogP contribution is -2.17. The summed E-state index contributed by atoms with van der Waals surface area (Å²) in [6, 6.07) is 19.7. The molecule has 0 saturated heterocycles. The second-order valence-corrected chi connectivity index (χ2v) is 8.32. The Hall–Kier alpha value is -3.31. The Morgan fingerprint density at radius 2 is 1.79 bits per heavy atom. The molecule has 6 heteroatoms. The number of aryl methyl sites for hydroxylation is 2. The van der Waals surface area contributed by atoms with E-state index in [1.165, 1.54) is 0 Å². The molecule has 0 aliphatic rings. The van der Waals surface area contributed by atoms with E-state index in [1.54, 1.807) is 30.3 Å². The van der Waals surface area contributed by atoms with Crippen LogP contribution in [0.2, 0.25) is 5.02 Å². The number of hydrogen-bond acceptors (Lipinski definition) is 4. The van der Waals surface area contributed by atoms with Crippen LogP contribution in [0.5, 0.6) is 11.5 Å². The molecule has 3 aromatic carbocycles. The zero-order chi connectivity index (χ0) is 23.8.